The van der Waals surface area contributed by atoms with Gasteiger partial charge in [0.25, 0.3) is 0 Å². The van der Waals surface area contributed by atoms with Gasteiger partial charge in [-0.05, 0) is 18.1 Å². The first kappa shape index (κ1) is 13.3. The molecule has 1 aliphatic rings. The average Bonchev–Trinajstić information content (AvgIpc) is 2.41. The molecule has 1 fully saturated rings. The molecule has 1 aromatic rings. The summed E-state index contributed by atoms with van der Waals surface area (Å²) in [5, 5.41) is 0. The molecule has 0 bridgehead atoms. The van der Waals surface area contributed by atoms with Gasteiger partial charge in [-0.2, -0.15) is 0 Å². The summed E-state index contributed by atoms with van der Waals surface area (Å²) in [7, 11) is 0. The van der Waals surface area contributed by atoms with Crippen LogP contribution < -0.4 is 10.6 Å². The predicted molar refractivity (Wildman–Crippen MR) is 75.7 cm³/mol. The quantitative estimate of drug-likeness (QED) is 0.869. The van der Waals surface area contributed by atoms with Crippen molar-refractivity contribution in [2.75, 3.05) is 37.6 Å². The van der Waals surface area contributed by atoms with Gasteiger partial charge in [0.15, 0.2) is 0 Å². The van der Waals surface area contributed by atoms with Crippen LogP contribution in [0.1, 0.15) is 13.8 Å². The third-order valence-corrected chi connectivity index (χ3v) is 3.77. The number of rotatable bonds is 4. The van der Waals surface area contributed by atoms with Gasteiger partial charge < -0.3 is 10.6 Å². The van der Waals surface area contributed by atoms with Gasteiger partial charge >= 0.3 is 0 Å². The Morgan fingerprint density at radius 2 is 1.94 bits per heavy atom. The second-order valence-corrected chi connectivity index (χ2v) is 5.26. The molecule has 0 aromatic carbocycles. The van der Waals surface area contributed by atoms with Gasteiger partial charge in [0, 0.05) is 45.0 Å². The van der Waals surface area contributed by atoms with E-state index in [-0.39, 0.29) is 0 Å². The van der Waals surface area contributed by atoms with Crippen LogP contribution in [0.5, 0.6) is 0 Å². The zero-order chi connectivity index (χ0) is 13.0. The molecule has 2 N–H and O–H groups in total. The van der Waals surface area contributed by atoms with Gasteiger partial charge in [0.2, 0.25) is 0 Å². The summed E-state index contributed by atoms with van der Waals surface area (Å²) in [6, 6.07) is 6.60. The number of piperazine rings is 1. The second-order valence-electron chi connectivity index (χ2n) is 5.26. The zero-order valence-electron chi connectivity index (χ0n) is 11.4. The van der Waals surface area contributed by atoms with E-state index in [4.69, 9.17) is 5.73 Å². The zero-order valence-corrected chi connectivity index (χ0v) is 11.4. The minimum absolute atomic E-state index is 0.510. The summed E-state index contributed by atoms with van der Waals surface area (Å²) in [6.45, 7) is 9.50. The maximum atomic E-state index is 5.88. The van der Waals surface area contributed by atoms with Crippen molar-refractivity contribution in [1.82, 2.24) is 9.88 Å². The van der Waals surface area contributed by atoms with Gasteiger partial charge in [0.05, 0.1) is 0 Å². The Hall–Kier alpha value is -1.13. The highest BCUT2D eigenvalue weighted by Gasteiger charge is 2.25. The predicted octanol–water partition coefficient (Wildman–Crippen LogP) is 1.19. The Balaban J connectivity index is 1.92. The van der Waals surface area contributed by atoms with Gasteiger partial charge in [-0.15, -0.1) is 0 Å². The summed E-state index contributed by atoms with van der Waals surface area (Å²) < 4.78 is 0. The molecule has 0 radical (unpaired) electrons. The highest BCUT2D eigenvalue weighted by molar-refractivity contribution is 5.38. The topological polar surface area (TPSA) is 45.4 Å². The fraction of sp³-hybridized carbons (Fsp3) is 0.643. The van der Waals surface area contributed by atoms with E-state index in [2.05, 4.69) is 34.7 Å². The van der Waals surface area contributed by atoms with Crippen LogP contribution in [0.4, 0.5) is 5.82 Å². The minimum Gasteiger partial charge on any atom is -0.354 e. The number of hydrogen-bond acceptors (Lipinski definition) is 4. The molecule has 100 valence electrons. The largest absolute Gasteiger partial charge is 0.354 e. The highest BCUT2D eigenvalue weighted by Crippen LogP contribution is 2.16. The van der Waals surface area contributed by atoms with Gasteiger partial charge in [0.1, 0.15) is 5.82 Å². The maximum Gasteiger partial charge on any atom is 0.128 e. The molecule has 0 saturated carbocycles. The molecule has 1 aromatic heterocycles. The first-order valence-corrected chi connectivity index (χ1v) is 6.82. The third kappa shape index (κ3) is 3.00. The second kappa shape index (κ2) is 6.16. The van der Waals surface area contributed by atoms with Gasteiger partial charge in [-0.1, -0.05) is 19.9 Å². The average molecular weight is 248 g/mol. The smallest absolute Gasteiger partial charge is 0.128 e. The molecule has 18 heavy (non-hydrogen) atoms. The molecule has 1 saturated heterocycles. The number of anilines is 1. The van der Waals surface area contributed by atoms with Crippen LogP contribution >= 0.6 is 0 Å². The molecule has 0 amide bonds. The fourth-order valence-electron chi connectivity index (χ4n) is 2.67. The third-order valence-electron chi connectivity index (χ3n) is 3.77. The molecule has 1 aliphatic heterocycles. The van der Waals surface area contributed by atoms with Crippen LogP contribution in [-0.2, 0) is 0 Å². The number of hydrogen-bond donors (Lipinski definition) is 1. The van der Waals surface area contributed by atoms with Gasteiger partial charge in [-0.25, -0.2) is 4.98 Å². The Labute approximate surface area is 110 Å². The fourth-order valence-corrected chi connectivity index (χ4v) is 2.67. The van der Waals surface area contributed by atoms with Crippen molar-refractivity contribution in [2.24, 2.45) is 11.7 Å². The van der Waals surface area contributed by atoms with E-state index in [9.17, 15) is 0 Å². The molecule has 0 spiro atoms. The van der Waals surface area contributed by atoms with E-state index in [1.54, 1.807) is 0 Å². The van der Waals surface area contributed by atoms with E-state index >= 15 is 0 Å². The van der Waals surface area contributed by atoms with E-state index in [1.165, 1.54) is 0 Å². The molecule has 1 atom stereocenters. The van der Waals surface area contributed by atoms with Crippen LogP contribution in [0, 0.1) is 5.92 Å². The molecular weight excluding hydrogens is 224 g/mol. The molecule has 1 unspecified atom stereocenters. The summed E-state index contributed by atoms with van der Waals surface area (Å²) in [6.07, 6.45) is 1.86. The van der Waals surface area contributed by atoms with Crippen molar-refractivity contribution in [3.63, 3.8) is 0 Å². The lowest BCUT2D eigenvalue weighted by molar-refractivity contribution is 0.151. The van der Waals surface area contributed by atoms with E-state index in [0.29, 0.717) is 12.0 Å². The Morgan fingerprint density at radius 3 is 2.44 bits per heavy atom. The van der Waals surface area contributed by atoms with Crippen LogP contribution in [-0.4, -0.2) is 48.6 Å². The van der Waals surface area contributed by atoms with Crippen molar-refractivity contribution in [2.45, 2.75) is 19.9 Å². The molecule has 4 heteroatoms. The van der Waals surface area contributed by atoms with E-state index in [1.807, 2.05) is 18.3 Å². The number of nitrogens with zero attached hydrogens (tertiary/aromatic N) is 3. The number of aromatic nitrogens is 1. The Bertz CT molecular complexity index is 344. The lowest BCUT2D eigenvalue weighted by Gasteiger charge is -2.40. The summed E-state index contributed by atoms with van der Waals surface area (Å²) in [4.78, 5) is 9.28. The normalized spacial score (nSPS) is 19.2. The molecular formula is C14H24N4. The highest BCUT2D eigenvalue weighted by atomic mass is 15.3. The van der Waals surface area contributed by atoms with Crippen molar-refractivity contribution in [3.8, 4) is 0 Å². The lowest BCUT2D eigenvalue weighted by Crippen LogP contribution is -2.54. The maximum absolute atomic E-state index is 5.88. The first-order chi connectivity index (χ1) is 8.72. The van der Waals surface area contributed by atoms with Crippen molar-refractivity contribution >= 4 is 5.82 Å². The van der Waals surface area contributed by atoms with E-state index in [0.717, 1.165) is 38.5 Å². The molecule has 2 rings (SSSR count). The summed E-state index contributed by atoms with van der Waals surface area (Å²) >= 11 is 0. The van der Waals surface area contributed by atoms with Crippen LogP contribution in [0.3, 0.4) is 0 Å². The SMILES string of the molecule is CC(C)C(CN)N1CCN(c2ccccn2)CC1. The molecule has 0 aliphatic carbocycles. The Kier molecular flexibility index (Phi) is 4.55. The van der Waals surface area contributed by atoms with Crippen LogP contribution in [0.15, 0.2) is 24.4 Å². The van der Waals surface area contributed by atoms with Crippen molar-refractivity contribution in [1.29, 1.82) is 0 Å². The minimum atomic E-state index is 0.510. The molecule has 4 nitrogen and oxygen atoms in total. The van der Waals surface area contributed by atoms with E-state index < -0.39 is 0 Å². The number of pyridine rings is 1. The summed E-state index contributed by atoms with van der Waals surface area (Å²) in [5.41, 5.74) is 5.88. The van der Waals surface area contributed by atoms with Crippen LogP contribution in [0.2, 0.25) is 0 Å². The number of nitrogens with two attached hydrogens (primary N) is 1. The lowest BCUT2D eigenvalue weighted by atomic mass is 10.0. The summed E-state index contributed by atoms with van der Waals surface area (Å²) in [5.74, 6) is 1.71. The van der Waals surface area contributed by atoms with Gasteiger partial charge in [-0.3, -0.25) is 4.90 Å². The van der Waals surface area contributed by atoms with Crippen molar-refractivity contribution < 1.29 is 0 Å². The standard InChI is InChI=1S/C14H24N4/c1-12(2)13(11-15)17-7-9-18(10-8-17)14-5-3-4-6-16-14/h3-6,12-13H,7-11,15H2,1-2H3. The first-order valence-electron chi connectivity index (χ1n) is 6.82. The van der Waals surface area contributed by atoms with Crippen molar-refractivity contribution in [3.05, 3.63) is 24.4 Å². The van der Waals surface area contributed by atoms with Crippen LogP contribution in [0.25, 0.3) is 0 Å². The monoisotopic (exact) mass is 248 g/mol. The molecule has 2 heterocycles. The Morgan fingerprint density at radius 1 is 1.22 bits per heavy atom.